The van der Waals surface area contributed by atoms with Crippen molar-refractivity contribution < 1.29 is 24.0 Å². The second-order valence-corrected chi connectivity index (χ2v) is 4.46. The fourth-order valence-electron chi connectivity index (χ4n) is 1.87. The predicted molar refractivity (Wildman–Crippen MR) is 71.4 cm³/mol. The molecule has 10 nitrogen and oxygen atoms in total. The second-order valence-electron chi connectivity index (χ2n) is 4.46. The summed E-state index contributed by atoms with van der Waals surface area (Å²) < 4.78 is 6.35. The van der Waals surface area contributed by atoms with Crippen LogP contribution in [-0.2, 0) is 13.6 Å². The van der Waals surface area contributed by atoms with Crippen LogP contribution in [0, 0.1) is 17.0 Å². The highest BCUT2D eigenvalue weighted by molar-refractivity contribution is 5.96. The number of furan rings is 1. The van der Waals surface area contributed by atoms with Gasteiger partial charge < -0.3 is 14.8 Å². The van der Waals surface area contributed by atoms with E-state index in [4.69, 9.17) is 9.52 Å². The van der Waals surface area contributed by atoms with E-state index in [9.17, 15) is 19.7 Å². The van der Waals surface area contributed by atoms with E-state index in [1.807, 2.05) is 0 Å². The Bertz CT molecular complexity index is 760. The van der Waals surface area contributed by atoms with Gasteiger partial charge in [0.15, 0.2) is 0 Å². The lowest BCUT2D eigenvalue weighted by Crippen LogP contribution is -2.24. The molecule has 0 atom stereocenters. The van der Waals surface area contributed by atoms with Gasteiger partial charge >= 0.3 is 11.7 Å². The van der Waals surface area contributed by atoms with Gasteiger partial charge in [-0.2, -0.15) is 5.10 Å². The lowest BCUT2D eigenvalue weighted by atomic mass is 10.2. The third-order valence-corrected chi connectivity index (χ3v) is 2.84. The summed E-state index contributed by atoms with van der Waals surface area (Å²) in [7, 11) is 1.46. The van der Waals surface area contributed by atoms with Crippen molar-refractivity contribution in [3.8, 4) is 0 Å². The van der Waals surface area contributed by atoms with E-state index < -0.39 is 22.5 Å². The largest absolute Gasteiger partial charge is 0.478 e. The van der Waals surface area contributed by atoms with Crippen molar-refractivity contribution in [2.24, 2.45) is 7.05 Å². The number of hydrogen-bond donors (Lipinski definition) is 2. The number of rotatable bonds is 5. The maximum atomic E-state index is 11.9. The van der Waals surface area contributed by atoms with Crippen LogP contribution in [0.15, 0.2) is 16.7 Å². The maximum absolute atomic E-state index is 11.9. The molecule has 0 saturated carbocycles. The van der Waals surface area contributed by atoms with Crippen LogP contribution in [0.4, 0.5) is 5.69 Å². The van der Waals surface area contributed by atoms with Gasteiger partial charge in [0.2, 0.25) is 5.69 Å². The third kappa shape index (κ3) is 2.95. The smallest absolute Gasteiger partial charge is 0.339 e. The first-order valence-electron chi connectivity index (χ1n) is 6.08. The molecule has 2 N–H and O–H groups in total. The van der Waals surface area contributed by atoms with Gasteiger partial charge in [-0.25, -0.2) is 4.79 Å². The van der Waals surface area contributed by atoms with Crippen LogP contribution < -0.4 is 5.32 Å². The first-order chi connectivity index (χ1) is 10.3. The van der Waals surface area contributed by atoms with Crippen molar-refractivity contribution in [3.05, 3.63) is 45.2 Å². The van der Waals surface area contributed by atoms with Gasteiger partial charge in [-0.15, -0.1) is 0 Å². The van der Waals surface area contributed by atoms with Crippen LogP contribution in [0.5, 0.6) is 0 Å². The molecule has 2 aromatic rings. The standard InChI is InChI=1S/C12H12N4O6/c1-6-8(12(18)19)3-7(22-6)4-13-11(17)10-9(16(20)21)5-15(2)14-10/h3,5H,4H2,1-2H3,(H,13,17)(H,18,19). The molecule has 116 valence electrons. The van der Waals surface area contributed by atoms with Gasteiger partial charge in [-0.1, -0.05) is 0 Å². The van der Waals surface area contributed by atoms with Crippen LogP contribution in [0.25, 0.3) is 0 Å². The SMILES string of the molecule is Cc1oc(CNC(=O)c2nn(C)cc2[N+](=O)[O-])cc1C(=O)O. The number of nitro groups is 1. The van der Waals surface area contributed by atoms with E-state index in [1.165, 1.54) is 20.0 Å². The molecule has 2 heterocycles. The van der Waals surface area contributed by atoms with Gasteiger partial charge in [-0.3, -0.25) is 19.6 Å². The van der Waals surface area contributed by atoms with Crippen molar-refractivity contribution in [1.82, 2.24) is 15.1 Å². The number of carbonyl (C=O) groups is 2. The highest BCUT2D eigenvalue weighted by Gasteiger charge is 2.25. The summed E-state index contributed by atoms with van der Waals surface area (Å²) in [5, 5.41) is 25.9. The minimum atomic E-state index is -1.14. The molecule has 22 heavy (non-hydrogen) atoms. The fraction of sp³-hybridized carbons (Fsp3) is 0.250. The molecular formula is C12H12N4O6. The number of carboxylic acids is 1. The topological polar surface area (TPSA) is 140 Å². The van der Waals surface area contributed by atoms with Crippen molar-refractivity contribution in [2.45, 2.75) is 13.5 Å². The average molecular weight is 308 g/mol. The maximum Gasteiger partial charge on any atom is 0.339 e. The number of nitrogens with one attached hydrogen (secondary N) is 1. The van der Waals surface area contributed by atoms with Gasteiger partial charge in [0.25, 0.3) is 5.91 Å². The van der Waals surface area contributed by atoms with Gasteiger partial charge in [0.1, 0.15) is 23.3 Å². The number of aromatic carboxylic acids is 1. The van der Waals surface area contributed by atoms with Crippen LogP contribution in [0.3, 0.4) is 0 Å². The van der Waals surface area contributed by atoms with Crippen molar-refractivity contribution >= 4 is 17.6 Å². The van der Waals surface area contributed by atoms with Crippen LogP contribution in [0.2, 0.25) is 0 Å². The normalized spacial score (nSPS) is 10.5. The summed E-state index contributed by atoms with van der Waals surface area (Å²) in [6.07, 6.45) is 1.12. The molecule has 1 amide bonds. The van der Waals surface area contributed by atoms with E-state index in [1.54, 1.807) is 0 Å². The number of amides is 1. The van der Waals surface area contributed by atoms with Gasteiger partial charge in [0.05, 0.1) is 11.5 Å². The number of carbonyl (C=O) groups excluding carboxylic acids is 1. The number of aryl methyl sites for hydroxylation is 2. The molecule has 0 aliphatic rings. The van der Waals surface area contributed by atoms with E-state index in [0.29, 0.717) is 0 Å². The molecule has 0 aliphatic heterocycles. The highest BCUT2D eigenvalue weighted by Crippen LogP contribution is 2.17. The molecule has 0 aromatic carbocycles. The van der Waals surface area contributed by atoms with Crippen molar-refractivity contribution in [1.29, 1.82) is 0 Å². The Balaban J connectivity index is 2.12. The Morgan fingerprint density at radius 2 is 2.23 bits per heavy atom. The summed E-state index contributed by atoms with van der Waals surface area (Å²) in [5.74, 6) is -1.46. The van der Waals surface area contributed by atoms with Crippen LogP contribution in [0.1, 0.15) is 32.4 Å². The molecule has 0 fully saturated rings. The first kappa shape index (κ1) is 15.2. The van der Waals surface area contributed by atoms with Gasteiger partial charge in [-0.05, 0) is 13.0 Å². The molecule has 2 rings (SSSR count). The zero-order chi connectivity index (χ0) is 16.4. The zero-order valence-corrected chi connectivity index (χ0v) is 11.7. The number of nitrogens with zero attached hydrogens (tertiary/aromatic N) is 3. The monoisotopic (exact) mass is 308 g/mol. The Morgan fingerprint density at radius 1 is 1.55 bits per heavy atom. The van der Waals surface area contributed by atoms with Gasteiger partial charge in [0, 0.05) is 7.05 Å². The van der Waals surface area contributed by atoms with Crippen LogP contribution in [-0.4, -0.2) is 31.7 Å². The molecule has 0 saturated heterocycles. The lowest BCUT2D eigenvalue weighted by molar-refractivity contribution is -0.385. The van der Waals surface area contributed by atoms with Crippen molar-refractivity contribution in [2.75, 3.05) is 0 Å². The number of carboxylic acid groups (broad SMARTS) is 1. The minimum Gasteiger partial charge on any atom is -0.478 e. The molecular weight excluding hydrogens is 296 g/mol. The lowest BCUT2D eigenvalue weighted by Gasteiger charge is -2.00. The third-order valence-electron chi connectivity index (χ3n) is 2.84. The molecule has 0 radical (unpaired) electrons. The van der Waals surface area contributed by atoms with E-state index in [0.717, 1.165) is 10.9 Å². The predicted octanol–water partition coefficient (Wildman–Crippen LogP) is 0.858. The summed E-state index contributed by atoms with van der Waals surface area (Å²) in [4.78, 5) is 32.9. The average Bonchev–Trinajstić information content (AvgIpc) is 2.99. The summed E-state index contributed by atoms with van der Waals surface area (Å²) >= 11 is 0. The van der Waals surface area contributed by atoms with Crippen LogP contribution >= 0.6 is 0 Å². The Morgan fingerprint density at radius 3 is 2.77 bits per heavy atom. The molecule has 0 unspecified atom stereocenters. The Hall–Kier alpha value is -3.17. The number of aromatic nitrogens is 2. The highest BCUT2D eigenvalue weighted by atomic mass is 16.6. The summed E-state index contributed by atoms with van der Waals surface area (Å²) in [5.41, 5.74) is -0.746. The Kier molecular flexibility index (Phi) is 3.93. The van der Waals surface area contributed by atoms with E-state index in [-0.39, 0.29) is 29.3 Å². The zero-order valence-electron chi connectivity index (χ0n) is 11.7. The van der Waals surface area contributed by atoms with E-state index >= 15 is 0 Å². The molecule has 0 aliphatic carbocycles. The summed E-state index contributed by atoms with van der Waals surface area (Å²) in [6.45, 7) is 1.37. The summed E-state index contributed by atoms with van der Waals surface area (Å²) in [6, 6.07) is 1.28. The van der Waals surface area contributed by atoms with Crippen molar-refractivity contribution in [3.63, 3.8) is 0 Å². The molecule has 0 bridgehead atoms. The molecule has 10 heteroatoms. The number of hydrogen-bond acceptors (Lipinski definition) is 6. The Labute approximate surface area is 123 Å². The second kappa shape index (κ2) is 5.68. The minimum absolute atomic E-state index is 0.00642. The fourth-order valence-corrected chi connectivity index (χ4v) is 1.87. The first-order valence-corrected chi connectivity index (χ1v) is 6.08. The quantitative estimate of drug-likeness (QED) is 0.616. The molecule has 2 aromatic heterocycles. The van der Waals surface area contributed by atoms with E-state index in [2.05, 4.69) is 10.4 Å². The molecule has 0 spiro atoms.